The molecule has 1 aliphatic heterocycles. The summed E-state index contributed by atoms with van der Waals surface area (Å²) in [5, 5.41) is 14.1. The summed E-state index contributed by atoms with van der Waals surface area (Å²) < 4.78 is 5.29. The van der Waals surface area contributed by atoms with Crippen LogP contribution in [0.4, 0.5) is 11.4 Å². The first kappa shape index (κ1) is 12.5. The molecule has 1 saturated heterocycles. The van der Waals surface area contributed by atoms with Crippen LogP contribution in [0.2, 0.25) is 0 Å². The number of nitro groups is 1. The predicted molar refractivity (Wildman–Crippen MR) is 65.9 cm³/mol. The molecule has 1 unspecified atom stereocenters. The summed E-state index contributed by atoms with van der Waals surface area (Å²) in [5.74, 6) is 0. The fraction of sp³-hybridized carbons (Fsp3) is 0.417. The molecule has 0 bridgehead atoms. The minimum atomic E-state index is -0.492. The van der Waals surface area contributed by atoms with Crippen molar-refractivity contribution < 1.29 is 14.5 Å². The topological polar surface area (TPSA) is 81.5 Å². The van der Waals surface area contributed by atoms with E-state index in [0.29, 0.717) is 30.8 Å². The highest BCUT2D eigenvalue weighted by atomic mass is 16.6. The van der Waals surface area contributed by atoms with Crippen LogP contribution in [0.25, 0.3) is 0 Å². The summed E-state index contributed by atoms with van der Waals surface area (Å²) in [6, 6.07) is 4.39. The largest absolute Gasteiger partial charge is 0.379 e. The number of carbonyl (C=O) groups is 1. The van der Waals surface area contributed by atoms with E-state index in [1.165, 1.54) is 6.07 Å². The normalized spacial score (nSPS) is 22.7. The van der Waals surface area contributed by atoms with E-state index < -0.39 is 4.92 Å². The Kier molecular flexibility index (Phi) is 3.29. The molecule has 0 aliphatic carbocycles. The van der Waals surface area contributed by atoms with Crippen LogP contribution < -0.4 is 5.32 Å². The highest BCUT2D eigenvalue weighted by molar-refractivity contribution is 5.79. The zero-order valence-electron chi connectivity index (χ0n) is 10.0. The highest BCUT2D eigenvalue weighted by Gasteiger charge is 2.31. The van der Waals surface area contributed by atoms with Gasteiger partial charge in [-0.1, -0.05) is 0 Å². The molecule has 0 aromatic heterocycles. The maximum absolute atomic E-state index is 11.0. The highest BCUT2D eigenvalue weighted by Crippen LogP contribution is 2.30. The lowest BCUT2D eigenvalue weighted by Crippen LogP contribution is -2.35. The molecule has 1 N–H and O–H groups in total. The minimum absolute atomic E-state index is 0.0901. The third-order valence-electron chi connectivity index (χ3n) is 3.01. The van der Waals surface area contributed by atoms with Gasteiger partial charge in [-0.05, 0) is 25.5 Å². The summed E-state index contributed by atoms with van der Waals surface area (Å²) in [6.07, 6.45) is 1.39. The summed E-state index contributed by atoms with van der Waals surface area (Å²) in [4.78, 5) is 21.1. The molecule has 0 amide bonds. The van der Waals surface area contributed by atoms with E-state index in [0.717, 1.165) is 6.42 Å². The molecule has 1 fully saturated rings. The van der Waals surface area contributed by atoms with Crippen molar-refractivity contribution in [2.24, 2.45) is 0 Å². The first-order valence-electron chi connectivity index (χ1n) is 5.64. The first-order chi connectivity index (χ1) is 8.54. The molecular formula is C12H14N2O4. The van der Waals surface area contributed by atoms with Gasteiger partial charge in [-0.2, -0.15) is 0 Å². The number of benzene rings is 1. The monoisotopic (exact) mass is 250 g/mol. The number of nitro benzene ring substituents is 1. The van der Waals surface area contributed by atoms with Gasteiger partial charge in [-0.15, -0.1) is 0 Å². The van der Waals surface area contributed by atoms with E-state index in [2.05, 4.69) is 5.32 Å². The summed E-state index contributed by atoms with van der Waals surface area (Å²) in [7, 11) is 0. The number of hydrogen-bond acceptors (Lipinski definition) is 5. The van der Waals surface area contributed by atoms with Crippen LogP contribution in [0, 0.1) is 10.1 Å². The van der Waals surface area contributed by atoms with E-state index in [-0.39, 0.29) is 11.2 Å². The molecule has 2 rings (SSSR count). The van der Waals surface area contributed by atoms with Crippen LogP contribution in [-0.2, 0) is 4.74 Å². The van der Waals surface area contributed by atoms with Gasteiger partial charge >= 0.3 is 0 Å². The van der Waals surface area contributed by atoms with Gasteiger partial charge in [0, 0.05) is 18.2 Å². The third-order valence-corrected chi connectivity index (χ3v) is 3.01. The van der Waals surface area contributed by atoms with Crippen molar-refractivity contribution >= 4 is 17.7 Å². The number of carbonyl (C=O) groups excluding carboxylic acids is 1. The number of nitrogens with zero attached hydrogens (tertiary/aromatic N) is 1. The van der Waals surface area contributed by atoms with E-state index in [4.69, 9.17) is 4.74 Å². The maximum atomic E-state index is 11.0. The second-order valence-electron chi connectivity index (χ2n) is 4.64. The number of ether oxygens (including phenoxy) is 1. The van der Waals surface area contributed by atoms with Crippen LogP contribution in [0.3, 0.4) is 0 Å². The number of aldehydes is 1. The lowest BCUT2D eigenvalue weighted by molar-refractivity contribution is -0.384. The molecule has 0 saturated carbocycles. The van der Waals surface area contributed by atoms with Crippen molar-refractivity contribution in [1.29, 1.82) is 0 Å². The van der Waals surface area contributed by atoms with E-state index in [9.17, 15) is 14.9 Å². The van der Waals surface area contributed by atoms with Gasteiger partial charge in [-0.25, -0.2) is 0 Å². The van der Waals surface area contributed by atoms with Gasteiger partial charge < -0.3 is 10.1 Å². The van der Waals surface area contributed by atoms with Gasteiger partial charge in [0.2, 0.25) is 0 Å². The second-order valence-corrected chi connectivity index (χ2v) is 4.64. The molecule has 1 aromatic rings. The zero-order valence-corrected chi connectivity index (χ0v) is 10.0. The lowest BCUT2D eigenvalue weighted by Gasteiger charge is -2.24. The van der Waals surface area contributed by atoms with Gasteiger partial charge in [0.25, 0.3) is 5.69 Å². The standard InChI is InChI=1S/C12H14N2O4/c1-12(4-5-18-8-12)13-10-3-2-9(7-15)6-11(10)14(16)17/h2-3,6-7,13H,4-5,8H2,1H3. The Morgan fingerprint density at radius 1 is 1.56 bits per heavy atom. The molecule has 1 aliphatic rings. The number of rotatable bonds is 4. The van der Waals surface area contributed by atoms with Crippen LogP contribution in [-0.4, -0.2) is 30.0 Å². The fourth-order valence-electron chi connectivity index (χ4n) is 1.97. The third kappa shape index (κ3) is 2.48. The Labute approximate surface area is 104 Å². The second kappa shape index (κ2) is 4.73. The van der Waals surface area contributed by atoms with Gasteiger partial charge in [-0.3, -0.25) is 14.9 Å². The summed E-state index contributed by atoms with van der Waals surface area (Å²) in [6.45, 7) is 3.11. The quantitative estimate of drug-likeness (QED) is 0.502. The van der Waals surface area contributed by atoms with Crippen LogP contribution in [0.1, 0.15) is 23.7 Å². The maximum Gasteiger partial charge on any atom is 0.293 e. The summed E-state index contributed by atoms with van der Waals surface area (Å²) >= 11 is 0. The Bertz CT molecular complexity index is 481. The zero-order chi connectivity index (χ0) is 13.2. The van der Waals surface area contributed by atoms with Crippen LogP contribution in [0.15, 0.2) is 18.2 Å². The molecule has 96 valence electrons. The van der Waals surface area contributed by atoms with Gasteiger partial charge in [0.05, 0.1) is 17.1 Å². The predicted octanol–water partition coefficient (Wildman–Crippen LogP) is 2.00. The Morgan fingerprint density at radius 2 is 2.33 bits per heavy atom. The van der Waals surface area contributed by atoms with Crippen LogP contribution >= 0.6 is 0 Å². The molecule has 0 radical (unpaired) electrons. The molecule has 6 heteroatoms. The number of anilines is 1. The Morgan fingerprint density at radius 3 is 2.89 bits per heavy atom. The number of hydrogen-bond donors (Lipinski definition) is 1. The molecular weight excluding hydrogens is 236 g/mol. The Balaban J connectivity index is 2.31. The molecule has 1 aromatic carbocycles. The van der Waals surface area contributed by atoms with E-state index in [1.807, 2.05) is 6.92 Å². The van der Waals surface area contributed by atoms with Crippen molar-refractivity contribution in [2.75, 3.05) is 18.5 Å². The fourth-order valence-corrected chi connectivity index (χ4v) is 1.97. The van der Waals surface area contributed by atoms with Crippen molar-refractivity contribution in [3.05, 3.63) is 33.9 Å². The average Bonchev–Trinajstić information content (AvgIpc) is 2.76. The van der Waals surface area contributed by atoms with E-state index >= 15 is 0 Å². The van der Waals surface area contributed by atoms with Crippen molar-refractivity contribution in [3.63, 3.8) is 0 Å². The van der Waals surface area contributed by atoms with Crippen LogP contribution in [0.5, 0.6) is 0 Å². The molecule has 6 nitrogen and oxygen atoms in total. The molecule has 1 heterocycles. The summed E-state index contributed by atoms with van der Waals surface area (Å²) in [5.41, 5.74) is 0.319. The van der Waals surface area contributed by atoms with Crippen molar-refractivity contribution in [2.45, 2.75) is 18.9 Å². The lowest BCUT2D eigenvalue weighted by atomic mass is 10.0. The van der Waals surface area contributed by atoms with E-state index in [1.54, 1.807) is 12.1 Å². The van der Waals surface area contributed by atoms with Gasteiger partial charge in [0.15, 0.2) is 0 Å². The molecule has 18 heavy (non-hydrogen) atoms. The van der Waals surface area contributed by atoms with Gasteiger partial charge in [0.1, 0.15) is 12.0 Å². The van der Waals surface area contributed by atoms with Crippen molar-refractivity contribution in [1.82, 2.24) is 0 Å². The minimum Gasteiger partial charge on any atom is -0.379 e. The van der Waals surface area contributed by atoms with Crippen molar-refractivity contribution in [3.8, 4) is 0 Å². The Hall–Kier alpha value is -1.95. The first-order valence-corrected chi connectivity index (χ1v) is 5.64. The average molecular weight is 250 g/mol. The number of nitrogens with one attached hydrogen (secondary N) is 1. The smallest absolute Gasteiger partial charge is 0.293 e. The molecule has 1 atom stereocenters. The SMILES string of the molecule is CC1(Nc2ccc(C=O)cc2[N+](=O)[O-])CCOC1. The molecule has 0 spiro atoms.